The summed E-state index contributed by atoms with van der Waals surface area (Å²) in [5, 5.41) is 0. The van der Waals surface area contributed by atoms with Crippen LogP contribution in [0.25, 0.3) is 0 Å². The number of likely N-dealkylation sites (tertiary alicyclic amines) is 1. The molecule has 2 heterocycles. The van der Waals surface area contributed by atoms with Crippen LogP contribution in [0.15, 0.2) is 24.3 Å². The molecular formula is C19H28N2O3. The SMILES string of the molecule is C[C@@H]1CCCN(C(=O)c2cccc(OC[C@@H]3CCCO3)c2)[C@H]1CN. The molecule has 1 aromatic carbocycles. The number of amides is 1. The maximum Gasteiger partial charge on any atom is 0.254 e. The molecule has 0 saturated carbocycles. The third kappa shape index (κ3) is 3.90. The predicted octanol–water partition coefficient (Wildman–Crippen LogP) is 2.44. The van der Waals surface area contributed by atoms with Crippen molar-refractivity contribution in [3.05, 3.63) is 29.8 Å². The second-order valence-electron chi connectivity index (χ2n) is 6.89. The summed E-state index contributed by atoms with van der Waals surface area (Å²) in [6.07, 6.45) is 4.49. The van der Waals surface area contributed by atoms with E-state index in [1.54, 1.807) is 0 Å². The van der Waals surface area contributed by atoms with Gasteiger partial charge in [0.15, 0.2) is 0 Å². The van der Waals surface area contributed by atoms with Crippen LogP contribution in [0.4, 0.5) is 0 Å². The Morgan fingerprint density at radius 1 is 1.38 bits per heavy atom. The lowest BCUT2D eigenvalue weighted by Gasteiger charge is -2.39. The van der Waals surface area contributed by atoms with Crippen LogP contribution in [0.1, 0.15) is 43.0 Å². The van der Waals surface area contributed by atoms with Gasteiger partial charge in [-0.2, -0.15) is 0 Å². The highest BCUT2D eigenvalue weighted by molar-refractivity contribution is 5.95. The molecule has 5 nitrogen and oxygen atoms in total. The molecule has 2 aliphatic heterocycles. The van der Waals surface area contributed by atoms with Gasteiger partial charge in [0, 0.05) is 31.3 Å². The molecule has 2 saturated heterocycles. The quantitative estimate of drug-likeness (QED) is 0.899. The molecule has 5 heteroatoms. The third-order valence-corrected chi connectivity index (χ3v) is 5.16. The second kappa shape index (κ2) is 7.99. The van der Waals surface area contributed by atoms with E-state index in [2.05, 4.69) is 6.92 Å². The third-order valence-electron chi connectivity index (χ3n) is 5.16. The molecule has 2 fully saturated rings. The van der Waals surface area contributed by atoms with Gasteiger partial charge in [-0.05, 0) is 49.8 Å². The lowest BCUT2D eigenvalue weighted by molar-refractivity contribution is 0.0531. The van der Waals surface area contributed by atoms with Crippen molar-refractivity contribution in [2.24, 2.45) is 11.7 Å². The van der Waals surface area contributed by atoms with Crippen LogP contribution in [0.3, 0.4) is 0 Å². The summed E-state index contributed by atoms with van der Waals surface area (Å²) in [5.74, 6) is 1.23. The summed E-state index contributed by atoms with van der Waals surface area (Å²) in [6.45, 7) is 4.84. The zero-order valence-corrected chi connectivity index (χ0v) is 14.4. The first-order valence-electron chi connectivity index (χ1n) is 9.04. The molecule has 1 aromatic rings. The van der Waals surface area contributed by atoms with E-state index >= 15 is 0 Å². The average molecular weight is 332 g/mol. The average Bonchev–Trinajstić information content (AvgIpc) is 3.13. The van der Waals surface area contributed by atoms with Crippen molar-refractivity contribution in [1.29, 1.82) is 0 Å². The van der Waals surface area contributed by atoms with Crippen LogP contribution in [0.5, 0.6) is 5.75 Å². The van der Waals surface area contributed by atoms with E-state index in [1.807, 2.05) is 29.2 Å². The van der Waals surface area contributed by atoms with E-state index in [1.165, 1.54) is 0 Å². The maximum absolute atomic E-state index is 12.9. The largest absolute Gasteiger partial charge is 0.491 e. The van der Waals surface area contributed by atoms with Crippen LogP contribution in [0.2, 0.25) is 0 Å². The van der Waals surface area contributed by atoms with Gasteiger partial charge in [0.2, 0.25) is 0 Å². The molecule has 3 atom stereocenters. The maximum atomic E-state index is 12.9. The molecule has 24 heavy (non-hydrogen) atoms. The van der Waals surface area contributed by atoms with Crippen molar-refractivity contribution in [3.8, 4) is 5.75 Å². The van der Waals surface area contributed by atoms with Crippen molar-refractivity contribution in [1.82, 2.24) is 4.90 Å². The van der Waals surface area contributed by atoms with E-state index in [4.69, 9.17) is 15.2 Å². The van der Waals surface area contributed by atoms with Crippen molar-refractivity contribution >= 4 is 5.91 Å². The number of carbonyl (C=O) groups excluding carboxylic acids is 1. The predicted molar refractivity (Wildman–Crippen MR) is 93.2 cm³/mol. The molecule has 2 aliphatic rings. The van der Waals surface area contributed by atoms with Gasteiger partial charge < -0.3 is 20.1 Å². The van der Waals surface area contributed by atoms with Crippen LogP contribution in [-0.2, 0) is 4.74 Å². The Labute approximate surface area is 144 Å². The monoisotopic (exact) mass is 332 g/mol. The normalized spacial score (nSPS) is 27.2. The molecule has 3 rings (SSSR count). The lowest BCUT2D eigenvalue weighted by atomic mass is 9.90. The summed E-state index contributed by atoms with van der Waals surface area (Å²) < 4.78 is 11.4. The molecule has 1 amide bonds. The Morgan fingerprint density at radius 2 is 2.25 bits per heavy atom. The van der Waals surface area contributed by atoms with Crippen molar-refractivity contribution < 1.29 is 14.3 Å². The van der Waals surface area contributed by atoms with Gasteiger partial charge in [-0.25, -0.2) is 0 Å². The molecule has 0 aliphatic carbocycles. The minimum Gasteiger partial charge on any atom is -0.491 e. The smallest absolute Gasteiger partial charge is 0.254 e. The highest BCUT2D eigenvalue weighted by atomic mass is 16.5. The Kier molecular flexibility index (Phi) is 5.74. The lowest BCUT2D eigenvalue weighted by Crippen LogP contribution is -2.51. The molecule has 0 unspecified atom stereocenters. The standard InChI is InChI=1S/C19H28N2O3/c1-14-5-3-9-21(18(14)12-20)19(22)15-6-2-7-16(11-15)24-13-17-8-4-10-23-17/h2,6-7,11,14,17-18H,3-5,8-10,12-13,20H2,1H3/t14-,17+,18+/m1/s1. The number of hydrogen-bond acceptors (Lipinski definition) is 4. The zero-order chi connectivity index (χ0) is 16.9. The fourth-order valence-electron chi connectivity index (χ4n) is 3.71. The van der Waals surface area contributed by atoms with Gasteiger partial charge in [-0.1, -0.05) is 13.0 Å². The Bertz CT molecular complexity index is 557. The van der Waals surface area contributed by atoms with E-state index in [-0.39, 0.29) is 18.1 Å². The summed E-state index contributed by atoms with van der Waals surface area (Å²) >= 11 is 0. The number of piperidine rings is 1. The highest BCUT2D eigenvalue weighted by Gasteiger charge is 2.31. The molecule has 0 spiro atoms. The van der Waals surface area contributed by atoms with Crippen molar-refractivity contribution in [3.63, 3.8) is 0 Å². The van der Waals surface area contributed by atoms with Crippen LogP contribution in [-0.4, -0.2) is 49.3 Å². The van der Waals surface area contributed by atoms with Crippen LogP contribution in [0, 0.1) is 5.92 Å². The number of nitrogens with zero attached hydrogens (tertiary/aromatic N) is 1. The Balaban J connectivity index is 1.66. The van der Waals surface area contributed by atoms with Crippen LogP contribution < -0.4 is 10.5 Å². The first kappa shape index (κ1) is 17.2. The van der Waals surface area contributed by atoms with Crippen molar-refractivity contribution in [2.45, 2.75) is 44.8 Å². The summed E-state index contributed by atoms with van der Waals surface area (Å²) in [6, 6.07) is 7.59. The molecule has 2 N–H and O–H groups in total. The molecule has 132 valence electrons. The van der Waals surface area contributed by atoms with E-state index in [0.29, 0.717) is 24.6 Å². The topological polar surface area (TPSA) is 64.8 Å². The molecule has 0 bridgehead atoms. The van der Waals surface area contributed by atoms with Gasteiger partial charge >= 0.3 is 0 Å². The fourth-order valence-corrected chi connectivity index (χ4v) is 3.71. The first-order chi connectivity index (χ1) is 11.7. The summed E-state index contributed by atoms with van der Waals surface area (Å²) in [4.78, 5) is 14.9. The van der Waals surface area contributed by atoms with E-state index < -0.39 is 0 Å². The molecule has 0 radical (unpaired) electrons. The summed E-state index contributed by atoms with van der Waals surface area (Å²) in [5.41, 5.74) is 6.59. The number of benzene rings is 1. The Morgan fingerprint density at radius 3 is 3.00 bits per heavy atom. The zero-order valence-electron chi connectivity index (χ0n) is 14.4. The first-order valence-corrected chi connectivity index (χ1v) is 9.04. The number of carbonyl (C=O) groups is 1. The summed E-state index contributed by atoms with van der Waals surface area (Å²) in [7, 11) is 0. The number of nitrogens with two attached hydrogens (primary N) is 1. The van der Waals surface area contributed by atoms with Gasteiger partial charge in [0.25, 0.3) is 5.91 Å². The van der Waals surface area contributed by atoms with E-state index in [9.17, 15) is 4.79 Å². The highest BCUT2D eigenvalue weighted by Crippen LogP contribution is 2.25. The minimum atomic E-state index is 0.0552. The van der Waals surface area contributed by atoms with Gasteiger partial charge in [-0.15, -0.1) is 0 Å². The van der Waals surface area contributed by atoms with Gasteiger partial charge in [0.1, 0.15) is 12.4 Å². The number of ether oxygens (including phenoxy) is 2. The second-order valence-corrected chi connectivity index (χ2v) is 6.89. The number of rotatable bonds is 5. The fraction of sp³-hybridized carbons (Fsp3) is 0.632. The van der Waals surface area contributed by atoms with Crippen molar-refractivity contribution in [2.75, 3.05) is 26.3 Å². The number of hydrogen-bond donors (Lipinski definition) is 1. The van der Waals surface area contributed by atoms with Crippen LogP contribution >= 0.6 is 0 Å². The van der Waals surface area contributed by atoms with Gasteiger partial charge in [0.05, 0.1) is 6.10 Å². The van der Waals surface area contributed by atoms with Gasteiger partial charge in [-0.3, -0.25) is 4.79 Å². The molecule has 0 aromatic heterocycles. The van der Waals surface area contributed by atoms with E-state index in [0.717, 1.165) is 44.6 Å². The Hall–Kier alpha value is -1.59. The molecular weight excluding hydrogens is 304 g/mol. The minimum absolute atomic E-state index is 0.0552.